The van der Waals surface area contributed by atoms with E-state index >= 15 is 0 Å². The number of sulfonamides is 1. The van der Waals surface area contributed by atoms with Crippen molar-refractivity contribution < 1.29 is 31.1 Å². The van der Waals surface area contributed by atoms with Crippen molar-refractivity contribution in [1.82, 2.24) is 4.31 Å². The summed E-state index contributed by atoms with van der Waals surface area (Å²) in [6, 6.07) is 8.25. The van der Waals surface area contributed by atoms with Crippen LogP contribution in [0.1, 0.15) is 24.0 Å². The molecule has 0 spiro atoms. The average molecular weight is 442 g/mol. The maximum Gasteiger partial charge on any atom is 0.416 e. The topological polar surface area (TPSA) is 75.7 Å². The minimum atomic E-state index is -4.55. The van der Waals surface area contributed by atoms with Gasteiger partial charge in [-0.3, -0.25) is 4.79 Å². The fourth-order valence-corrected chi connectivity index (χ4v) is 5.06. The molecule has 0 radical (unpaired) electrons. The molecule has 0 aromatic heterocycles. The number of rotatable bonds is 5. The summed E-state index contributed by atoms with van der Waals surface area (Å²) in [4.78, 5) is 12.7. The smallest absolute Gasteiger partial charge is 0.416 e. The van der Waals surface area contributed by atoms with Crippen LogP contribution >= 0.6 is 0 Å². The molecule has 0 unspecified atom stereocenters. The molecule has 10 heteroatoms. The quantitative estimate of drug-likeness (QED) is 0.764. The highest BCUT2D eigenvalue weighted by Crippen LogP contribution is 2.34. The third kappa shape index (κ3) is 4.44. The lowest BCUT2D eigenvalue weighted by Gasteiger charge is -2.23. The Morgan fingerprint density at radius 2 is 1.83 bits per heavy atom. The molecule has 2 aromatic carbocycles. The largest absolute Gasteiger partial charge is 0.497 e. The van der Waals surface area contributed by atoms with Gasteiger partial charge >= 0.3 is 6.18 Å². The Morgan fingerprint density at radius 3 is 2.43 bits per heavy atom. The minimum absolute atomic E-state index is 0.0118. The lowest BCUT2D eigenvalue weighted by atomic mass is 10.1. The van der Waals surface area contributed by atoms with Gasteiger partial charge in [-0.1, -0.05) is 6.07 Å². The molecule has 2 aromatic rings. The number of ether oxygens (including phenoxy) is 1. The summed E-state index contributed by atoms with van der Waals surface area (Å²) in [5.41, 5.74) is -0.855. The number of anilines is 1. The van der Waals surface area contributed by atoms with E-state index in [0.717, 1.165) is 10.4 Å². The van der Waals surface area contributed by atoms with E-state index in [1.54, 1.807) is 0 Å². The third-order valence-electron chi connectivity index (χ3n) is 4.98. The Hall–Kier alpha value is -2.59. The van der Waals surface area contributed by atoms with Gasteiger partial charge in [0.1, 0.15) is 11.8 Å². The molecule has 0 saturated carbocycles. The van der Waals surface area contributed by atoms with Crippen LogP contribution in [0, 0.1) is 6.92 Å². The second-order valence-corrected chi connectivity index (χ2v) is 8.86. The van der Waals surface area contributed by atoms with Gasteiger partial charge in [0.25, 0.3) is 0 Å². The number of nitrogens with one attached hydrogen (secondary N) is 1. The van der Waals surface area contributed by atoms with Crippen molar-refractivity contribution in [1.29, 1.82) is 0 Å². The van der Waals surface area contributed by atoms with Crippen LogP contribution in [0.4, 0.5) is 18.9 Å². The van der Waals surface area contributed by atoms with E-state index in [9.17, 15) is 26.4 Å². The summed E-state index contributed by atoms with van der Waals surface area (Å²) < 4.78 is 71.4. The Kier molecular flexibility index (Phi) is 6.09. The van der Waals surface area contributed by atoms with E-state index in [2.05, 4.69) is 5.32 Å². The van der Waals surface area contributed by atoms with Crippen LogP contribution < -0.4 is 10.1 Å². The van der Waals surface area contributed by atoms with Crippen molar-refractivity contribution in [2.45, 2.75) is 36.9 Å². The predicted molar refractivity (Wildman–Crippen MR) is 105 cm³/mol. The molecule has 162 valence electrons. The van der Waals surface area contributed by atoms with Gasteiger partial charge in [0, 0.05) is 12.2 Å². The normalized spacial score (nSPS) is 17.7. The van der Waals surface area contributed by atoms with Crippen LogP contribution in [0.5, 0.6) is 5.75 Å². The Bertz CT molecular complexity index is 1040. The Balaban J connectivity index is 1.82. The second kappa shape index (κ2) is 8.27. The van der Waals surface area contributed by atoms with Crippen molar-refractivity contribution in [3.63, 3.8) is 0 Å². The molecule has 0 bridgehead atoms. The molecule has 0 aliphatic carbocycles. The van der Waals surface area contributed by atoms with E-state index < -0.39 is 33.7 Å². The number of hydrogen-bond acceptors (Lipinski definition) is 4. The summed E-state index contributed by atoms with van der Waals surface area (Å²) in [6.45, 7) is 1.47. The SMILES string of the molecule is COc1ccc(S(=O)(=O)N2CCC[C@H]2C(=O)Nc2ccc(C)c(C(F)(F)F)c2)cc1. The Labute approximate surface area is 172 Å². The number of alkyl halides is 3. The summed E-state index contributed by atoms with van der Waals surface area (Å²) >= 11 is 0. The number of carbonyl (C=O) groups is 1. The summed E-state index contributed by atoms with van der Waals surface area (Å²) in [7, 11) is -2.49. The van der Waals surface area contributed by atoms with E-state index in [4.69, 9.17) is 4.74 Å². The highest BCUT2D eigenvalue weighted by Gasteiger charge is 2.40. The molecule has 6 nitrogen and oxygen atoms in total. The summed E-state index contributed by atoms with van der Waals surface area (Å²) in [6.07, 6.45) is -3.81. The minimum Gasteiger partial charge on any atom is -0.497 e. The molecule has 1 aliphatic heterocycles. The van der Waals surface area contributed by atoms with Gasteiger partial charge in [-0.2, -0.15) is 17.5 Å². The zero-order valence-corrected chi connectivity index (χ0v) is 17.2. The van der Waals surface area contributed by atoms with Crippen LogP contribution in [0.2, 0.25) is 0 Å². The number of amides is 1. The molecule has 1 fully saturated rings. The van der Waals surface area contributed by atoms with Crippen LogP contribution in [-0.4, -0.2) is 38.3 Å². The first-order valence-electron chi connectivity index (χ1n) is 9.18. The van der Waals surface area contributed by atoms with Crippen LogP contribution in [-0.2, 0) is 21.0 Å². The molecule has 1 N–H and O–H groups in total. The number of carbonyl (C=O) groups excluding carboxylic acids is 1. The average Bonchev–Trinajstić information content (AvgIpc) is 3.19. The summed E-state index contributed by atoms with van der Waals surface area (Å²) in [5, 5.41) is 2.43. The first-order chi connectivity index (χ1) is 14.0. The molecular formula is C20H21F3N2O4S. The lowest BCUT2D eigenvalue weighted by molar-refractivity contribution is -0.138. The molecule has 30 heavy (non-hydrogen) atoms. The maximum atomic E-state index is 13.1. The highest BCUT2D eigenvalue weighted by atomic mass is 32.2. The molecule has 1 aliphatic rings. The molecular weight excluding hydrogens is 421 g/mol. The second-order valence-electron chi connectivity index (χ2n) is 6.97. The highest BCUT2D eigenvalue weighted by molar-refractivity contribution is 7.89. The molecule has 1 heterocycles. The third-order valence-corrected chi connectivity index (χ3v) is 6.91. The first-order valence-corrected chi connectivity index (χ1v) is 10.6. The predicted octanol–water partition coefficient (Wildman–Crippen LogP) is 3.81. The number of benzene rings is 2. The van der Waals surface area contributed by atoms with E-state index in [-0.39, 0.29) is 29.1 Å². The van der Waals surface area contributed by atoms with E-state index in [1.165, 1.54) is 50.4 Å². The zero-order chi connectivity index (χ0) is 22.1. The van der Waals surface area contributed by atoms with E-state index in [0.29, 0.717) is 12.2 Å². The van der Waals surface area contributed by atoms with Gasteiger partial charge in [-0.05, 0) is 61.7 Å². The van der Waals surface area contributed by atoms with Gasteiger partial charge < -0.3 is 10.1 Å². The van der Waals surface area contributed by atoms with Gasteiger partial charge in [-0.25, -0.2) is 8.42 Å². The van der Waals surface area contributed by atoms with Crippen molar-refractivity contribution in [3.05, 3.63) is 53.6 Å². The van der Waals surface area contributed by atoms with Gasteiger partial charge in [-0.15, -0.1) is 0 Å². The molecule has 3 rings (SSSR count). The van der Waals surface area contributed by atoms with Crippen LogP contribution in [0.25, 0.3) is 0 Å². The fourth-order valence-electron chi connectivity index (χ4n) is 3.40. The number of aryl methyl sites for hydroxylation is 1. The van der Waals surface area contributed by atoms with Crippen molar-refractivity contribution in [3.8, 4) is 5.75 Å². The molecule has 1 saturated heterocycles. The van der Waals surface area contributed by atoms with Crippen molar-refractivity contribution >= 4 is 21.6 Å². The number of hydrogen-bond donors (Lipinski definition) is 1. The maximum absolute atomic E-state index is 13.1. The van der Waals surface area contributed by atoms with Gasteiger partial charge in [0.05, 0.1) is 17.6 Å². The fraction of sp³-hybridized carbons (Fsp3) is 0.350. The monoisotopic (exact) mass is 442 g/mol. The number of methoxy groups -OCH3 is 1. The van der Waals surface area contributed by atoms with Crippen molar-refractivity contribution in [2.24, 2.45) is 0 Å². The van der Waals surface area contributed by atoms with Crippen LogP contribution in [0.15, 0.2) is 47.4 Å². The number of nitrogens with zero attached hydrogens (tertiary/aromatic N) is 1. The van der Waals surface area contributed by atoms with E-state index in [1.807, 2.05) is 0 Å². The number of halogens is 3. The standard InChI is InChI=1S/C20H21F3N2O4S/c1-13-5-6-14(12-17(13)20(21,22)23)24-19(26)18-4-3-11-25(18)30(27,28)16-9-7-15(29-2)8-10-16/h5-10,12,18H,3-4,11H2,1-2H3,(H,24,26)/t18-/m0/s1. The molecule has 1 amide bonds. The summed E-state index contributed by atoms with van der Waals surface area (Å²) in [5.74, 6) is -0.175. The van der Waals surface area contributed by atoms with Crippen molar-refractivity contribution in [2.75, 3.05) is 19.0 Å². The zero-order valence-electron chi connectivity index (χ0n) is 16.4. The Morgan fingerprint density at radius 1 is 1.17 bits per heavy atom. The van der Waals surface area contributed by atoms with Gasteiger partial charge in [0.15, 0.2) is 0 Å². The van der Waals surface area contributed by atoms with Crippen LogP contribution in [0.3, 0.4) is 0 Å². The first kappa shape index (κ1) is 22.1. The van der Waals surface area contributed by atoms with Gasteiger partial charge in [0.2, 0.25) is 15.9 Å². The lowest BCUT2D eigenvalue weighted by Crippen LogP contribution is -2.43. The molecule has 1 atom stereocenters.